The second-order valence-electron chi connectivity index (χ2n) is 6.53. The van der Waals surface area contributed by atoms with Gasteiger partial charge in [-0.25, -0.2) is 8.78 Å². The highest BCUT2D eigenvalue weighted by Crippen LogP contribution is 2.51. The molecule has 126 valence electrons. The fraction of sp³-hybridized carbons (Fsp3) is 0.368. The molecule has 1 saturated carbocycles. The molecule has 1 aliphatic carbocycles. The summed E-state index contributed by atoms with van der Waals surface area (Å²) in [4.78, 5) is 1.89. The van der Waals surface area contributed by atoms with Crippen molar-refractivity contribution >= 4 is 18.1 Å². The average Bonchev–Trinajstić information content (AvgIpc) is 3.13. The zero-order chi connectivity index (χ0) is 17.3. The van der Waals surface area contributed by atoms with E-state index in [1.165, 1.54) is 11.1 Å². The zero-order valence-corrected chi connectivity index (χ0v) is 14.0. The summed E-state index contributed by atoms with van der Waals surface area (Å²) in [7, 11) is 0. The van der Waals surface area contributed by atoms with Gasteiger partial charge in [0.05, 0.1) is 0 Å². The number of nitrogens with zero attached hydrogens (tertiary/aromatic N) is 3. The molecule has 0 amide bonds. The van der Waals surface area contributed by atoms with Crippen LogP contribution in [-0.2, 0) is 0 Å². The minimum Gasteiger partial charge on any atom is -0.331 e. The lowest BCUT2D eigenvalue weighted by atomic mass is 9.96. The Morgan fingerprint density at radius 1 is 1.38 bits per heavy atom. The second kappa shape index (κ2) is 6.30. The highest BCUT2D eigenvalue weighted by atomic mass is 19.3. The summed E-state index contributed by atoms with van der Waals surface area (Å²) in [6.45, 7) is 8.10. The number of allylic oxidation sites excluding steroid dienone is 2. The van der Waals surface area contributed by atoms with Crippen LogP contribution in [0.1, 0.15) is 30.9 Å². The summed E-state index contributed by atoms with van der Waals surface area (Å²) >= 11 is 0. The van der Waals surface area contributed by atoms with Crippen LogP contribution in [-0.4, -0.2) is 29.9 Å². The molecule has 1 aromatic rings. The third kappa shape index (κ3) is 3.45. The number of hydrogen-bond donors (Lipinski definition) is 0. The number of halogens is 2. The molecule has 1 atom stereocenters. The van der Waals surface area contributed by atoms with Crippen LogP contribution in [0, 0.1) is 12.8 Å². The van der Waals surface area contributed by atoms with E-state index in [0.717, 1.165) is 11.1 Å². The minimum atomic E-state index is -2.56. The molecule has 0 spiro atoms. The second-order valence-corrected chi connectivity index (χ2v) is 6.53. The lowest BCUT2D eigenvalue weighted by Gasteiger charge is -2.27. The molecule has 1 fully saturated rings. The van der Waals surface area contributed by atoms with Gasteiger partial charge in [0.15, 0.2) is 0 Å². The van der Waals surface area contributed by atoms with E-state index < -0.39 is 11.8 Å². The molecule has 0 bridgehead atoms. The van der Waals surface area contributed by atoms with Gasteiger partial charge in [-0.05, 0) is 36.6 Å². The van der Waals surface area contributed by atoms with Gasteiger partial charge in [-0.15, -0.1) is 5.10 Å². The number of alkyl halides is 2. The van der Waals surface area contributed by atoms with Gasteiger partial charge in [0.2, 0.25) is 0 Å². The van der Waals surface area contributed by atoms with Crippen molar-refractivity contribution in [2.24, 2.45) is 16.1 Å². The number of hydrogen-bond acceptors (Lipinski definition) is 2. The van der Waals surface area contributed by atoms with Gasteiger partial charge in [0.1, 0.15) is 5.84 Å². The van der Waals surface area contributed by atoms with Gasteiger partial charge >= 0.3 is 0 Å². The molecule has 0 aromatic heterocycles. The predicted octanol–water partition coefficient (Wildman–Crippen LogP) is 4.66. The van der Waals surface area contributed by atoms with Gasteiger partial charge in [0, 0.05) is 38.2 Å². The third-order valence-corrected chi connectivity index (χ3v) is 4.52. The molecule has 3 nitrogen and oxygen atoms in total. The van der Waals surface area contributed by atoms with Gasteiger partial charge in [0.25, 0.3) is 5.92 Å². The molecule has 1 aliphatic heterocycles. The van der Waals surface area contributed by atoms with E-state index in [-0.39, 0.29) is 12.8 Å². The van der Waals surface area contributed by atoms with Gasteiger partial charge in [-0.3, -0.25) is 0 Å². The minimum absolute atomic E-state index is 0.0654. The molecule has 0 saturated heterocycles. The molecule has 3 rings (SSSR count). The molecular formula is C19H21F2N3. The summed E-state index contributed by atoms with van der Waals surface area (Å²) in [6, 6.07) is 8.32. The summed E-state index contributed by atoms with van der Waals surface area (Å²) in [5.74, 6) is -2.64. The van der Waals surface area contributed by atoms with E-state index in [1.807, 2.05) is 23.2 Å². The van der Waals surface area contributed by atoms with Crippen molar-refractivity contribution in [2.45, 2.75) is 32.6 Å². The van der Waals surface area contributed by atoms with Crippen molar-refractivity contribution in [1.29, 1.82) is 0 Å². The first-order valence-corrected chi connectivity index (χ1v) is 8.03. The summed E-state index contributed by atoms with van der Waals surface area (Å²) in [5, 5.41) is 7.54. The average molecular weight is 329 g/mol. The number of amidine groups is 1. The maximum atomic E-state index is 13.2. The standard InChI is InChI=1S/C19H21F2N3/c1-13-5-4-6-15(9-13)17-7-8-24(12-14(17)2)18(23-22-3)10-16-11-19(16,20)21/h4-9,16H,3,10-12H2,1-2H3/b23-18-. The maximum Gasteiger partial charge on any atom is 0.252 e. The summed E-state index contributed by atoms with van der Waals surface area (Å²) in [6.07, 6.45) is 4.07. The molecule has 1 unspecified atom stereocenters. The quantitative estimate of drug-likeness (QED) is 0.449. The van der Waals surface area contributed by atoms with Gasteiger partial charge in [-0.2, -0.15) is 5.10 Å². The topological polar surface area (TPSA) is 28.0 Å². The van der Waals surface area contributed by atoms with Gasteiger partial charge < -0.3 is 4.90 Å². The number of benzene rings is 1. The third-order valence-electron chi connectivity index (χ3n) is 4.52. The Morgan fingerprint density at radius 2 is 2.12 bits per heavy atom. The summed E-state index contributed by atoms with van der Waals surface area (Å²) in [5.41, 5.74) is 4.70. The van der Waals surface area contributed by atoms with Crippen LogP contribution in [0.4, 0.5) is 8.78 Å². The monoisotopic (exact) mass is 329 g/mol. The molecule has 0 N–H and O–H groups in total. The smallest absolute Gasteiger partial charge is 0.252 e. The Hall–Kier alpha value is -2.30. The molecule has 2 aliphatic rings. The van der Waals surface area contributed by atoms with Crippen LogP contribution in [0.5, 0.6) is 0 Å². The summed E-state index contributed by atoms with van der Waals surface area (Å²) < 4.78 is 26.4. The zero-order valence-electron chi connectivity index (χ0n) is 14.0. The van der Waals surface area contributed by atoms with Crippen molar-refractivity contribution in [3.05, 3.63) is 53.2 Å². The maximum absolute atomic E-state index is 13.2. The van der Waals surface area contributed by atoms with Crippen LogP contribution < -0.4 is 0 Å². The Morgan fingerprint density at radius 3 is 2.71 bits per heavy atom. The predicted molar refractivity (Wildman–Crippen MR) is 94.3 cm³/mol. The van der Waals surface area contributed by atoms with Crippen LogP contribution in [0.25, 0.3) is 5.57 Å². The van der Waals surface area contributed by atoms with Crippen LogP contribution in [0.3, 0.4) is 0 Å². The molecule has 5 heteroatoms. The Labute approximate surface area is 141 Å². The highest BCUT2D eigenvalue weighted by Gasteiger charge is 2.57. The first kappa shape index (κ1) is 16.6. The normalized spacial score (nSPS) is 22.8. The van der Waals surface area contributed by atoms with Crippen LogP contribution in [0.2, 0.25) is 0 Å². The van der Waals surface area contributed by atoms with Crippen molar-refractivity contribution in [2.75, 3.05) is 6.54 Å². The van der Waals surface area contributed by atoms with E-state index >= 15 is 0 Å². The highest BCUT2D eigenvalue weighted by molar-refractivity contribution is 5.87. The van der Waals surface area contributed by atoms with E-state index in [2.05, 4.69) is 49.0 Å². The fourth-order valence-corrected chi connectivity index (χ4v) is 3.04. The molecule has 1 heterocycles. The number of rotatable bonds is 4. The van der Waals surface area contributed by atoms with Crippen molar-refractivity contribution < 1.29 is 8.78 Å². The molecule has 1 aromatic carbocycles. The van der Waals surface area contributed by atoms with Crippen LogP contribution in [0.15, 0.2) is 52.3 Å². The Balaban J connectivity index is 1.77. The van der Waals surface area contributed by atoms with Gasteiger partial charge in [-0.1, -0.05) is 29.8 Å². The fourth-order valence-electron chi connectivity index (χ4n) is 3.04. The molecule has 0 radical (unpaired) electrons. The largest absolute Gasteiger partial charge is 0.331 e. The molecule has 24 heavy (non-hydrogen) atoms. The number of aryl methyl sites for hydroxylation is 1. The molecular weight excluding hydrogens is 308 g/mol. The Bertz CT molecular complexity index is 747. The lowest BCUT2D eigenvalue weighted by Crippen LogP contribution is -2.30. The SMILES string of the molecule is C=N/N=C(/CC1CC1(F)F)N1C=CC(c2cccc(C)c2)=C(C)C1. The van der Waals surface area contributed by atoms with Crippen molar-refractivity contribution in [3.8, 4) is 0 Å². The van der Waals surface area contributed by atoms with E-state index in [1.54, 1.807) is 0 Å². The Kier molecular flexibility index (Phi) is 4.35. The lowest BCUT2D eigenvalue weighted by molar-refractivity contribution is 0.0998. The van der Waals surface area contributed by atoms with Crippen molar-refractivity contribution in [1.82, 2.24) is 4.90 Å². The van der Waals surface area contributed by atoms with E-state index in [9.17, 15) is 8.78 Å². The van der Waals surface area contributed by atoms with Crippen LogP contribution >= 0.6 is 0 Å². The van der Waals surface area contributed by atoms with E-state index in [0.29, 0.717) is 12.4 Å². The first-order valence-electron chi connectivity index (χ1n) is 8.03. The van der Waals surface area contributed by atoms with Crippen molar-refractivity contribution in [3.63, 3.8) is 0 Å². The van der Waals surface area contributed by atoms with E-state index in [4.69, 9.17) is 0 Å². The first-order chi connectivity index (χ1) is 11.4.